The molecule has 0 N–H and O–H groups in total. The molecule has 0 aromatic heterocycles. The molecule has 2 rings (SSSR count). The summed E-state index contributed by atoms with van der Waals surface area (Å²) in [5, 5.41) is 0. The van der Waals surface area contributed by atoms with Gasteiger partial charge in [-0.05, 0) is 56.7 Å². The fourth-order valence-corrected chi connectivity index (χ4v) is 3.32. The minimum absolute atomic E-state index is 0.111. The van der Waals surface area contributed by atoms with Gasteiger partial charge >= 0.3 is 0 Å². The fourth-order valence-electron chi connectivity index (χ4n) is 3.32. The summed E-state index contributed by atoms with van der Waals surface area (Å²) in [7, 11) is 0. The Bertz CT molecular complexity index is 582. The molecule has 1 aromatic rings. The maximum Gasteiger partial charge on any atom is 0.0111 e. The highest BCUT2D eigenvalue weighted by Crippen LogP contribution is 2.41. The summed E-state index contributed by atoms with van der Waals surface area (Å²) in [4.78, 5) is 0. The van der Waals surface area contributed by atoms with Crippen LogP contribution in [0, 0.1) is 19.8 Å². The first-order chi connectivity index (χ1) is 9.23. The standard InChI is InChI=1S/C20H28/c1-13-8-9-18(11-15(13)3)20(6,7)19-12-16(4)14(2)10-17(19)5/h8-9,11-12,17H,10H2,1-7H3. The molecule has 0 spiro atoms. The van der Waals surface area contributed by atoms with Crippen LogP contribution in [-0.4, -0.2) is 0 Å². The first kappa shape index (κ1) is 15.1. The van der Waals surface area contributed by atoms with E-state index < -0.39 is 0 Å². The third-order valence-corrected chi connectivity index (χ3v) is 5.14. The SMILES string of the molecule is CC1=C(C)CC(C)C(C(C)(C)c2ccc(C)c(C)c2)=C1. The van der Waals surface area contributed by atoms with E-state index in [1.807, 2.05) is 0 Å². The van der Waals surface area contributed by atoms with E-state index in [9.17, 15) is 0 Å². The highest BCUT2D eigenvalue weighted by molar-refractivity contribution is 5.45. The van der Waals surface area contributed by atoms with Crippen LogP contribution >= 0.6 is 0 Å². The maximum absolute atomic E-state index is 2.43. The topological polar surface area (TPSA) is 0 Å². The van der Waals surface area contributed by atoms with Gasteiger partial charge in [-0.15, -0.1) is 0 Å². The maximum atomic E-state index is 2.43. The molecule has 0 heteroatoms. The minimum atomic E-state index is 0.111. The quantitative estimate of drug-likeness (QED) is 0.628. The average molecular weight is 268 g/mol. The zero-order chi connectivity index (χ0) is 15.1. The molecule has 1 unspecified atom stereocenters. The van der Waals surface area contributed by atoms with Crippen molar-refractivity contribution in [2.45, 2.75) is 60.3 Å². The minimum Gasteiger partial charge on any atom is -0.0698 e. The summed E-state index contributed by atoms with van der Waals surface area (Å²) >= 11 is 0. The van der Waals surface area contributed by atoms with Gasteiger partial charge in [0.05, 0.1) is 0 Å². The van der Waals surface area contributed by atoms with E-state index in [0.29, 0.717) is 5.92 Å². The van der Waals surface area contributed by atoms with E-state index in [-0.39, 0.29) is 5.41 Å². The van der Waals surface area contributed by atoms with E-state index in [1.54, 1.807) is 5.57 Å². The van der Waals surface area contributed by atoms with Crippen molar-refractivity contribution in [3.63, 3.8) is 0 Å². The van der Waals surface area contributed by atoms with Gasteiger partial charge in [0.25, 0.3) is 0 Å². The summed E-state index contributed by atoms with van der Waals surface area (Å²) in [6.07, 6.45) is 3.63. The van der Waals surface area contributed by atoms with Crippen molar-refractivity contribution < 1.29 is 0 Å². The lowest BCUT2D eigenvalue weighted by atomic mass is 9.68. The van der Waals surface area contributed by atoms with Crippen LogP contribution in [0.4, 0.5) is 0 Å². The van der Waals surface area contributed by atoms with Crippen molar-refractivity contribution in [3.05, 3.63) is 57.7 Å². The largest absolute Gasteiger partial charge is 0.0698 e. The van der Waals surface area contributed by atoms with Crippen LogP contribution in [0.2, 0.25) is 0 Å². The van der Waals surface area contributed by atoms with Gasteiger partial charge in [0, 0.05) is 5.41 Å². The molecule has 1 atom stereocenters. The van der Waals surface area contributed by atoms with Crippen molar-refractivity contribution in [3.8, 4) is 0 Å². The first-order valence-electron chi connectivity index (χ1n) is 7.69. The van der Waals surface area contributed by atoms with E-state index in [4.69, 9.17) is 0 Å². The molecule has 0 radical (unpaired) electrons. The highest BCUT2D eigenvalue weighted by atomic mass is 14.4. The molecule has 0 saturated carbocycles. The predicted molar refractivity (Wildman–Crippen MR) is 89.2 cm³/mol. The van der Waals surface area contributed by atoms with Crippen LogP contribution in [0.1, 0.15) is 57.7 Å². The molecule has 0 amide bonds. The smallest absolute Gasteiger partial charge is 0.0111 e. The Morgan fingerprint density at radius 1 is 1.00 bits per heavy atom. The number of hydrogen-bond donors (Lipinski definition) is 0. The van der Waals surface area contributed by atoms with Crippen LogP contribution in [0.25, 0.3) is 0 Å². The fraction of sp³-hybridized carbons (Fsp3) is 0.500. The van der Waals surface area contributed by atoms with E-state index in [0.717, 1.165) is 0 Å². The molecular weight excluding hydrogens is 240 g/mol. The van der Waals surface area contributed by atoms with Gasteiger partial charge in [-0.25, -0.2) is 0 Å². The molecule has 1 aliphatic rings. The zero-order valence-electron chi connectivity index (χ0n) is 14.1. The van der Waals surface area contributed by atoms with Gasteiger partial charge in [0.15, 0.2) is 0 Å². The molecule has 0 fully saturated rings. The van der Waals surface area contributed by atoms with Crippen molar-refractivity contribution in [2.75, 3.05) is 0 Å². The zero-order valence-corrected chi connectivity index (χ0v) is 14.1. The van der Waals surface area contributed by atoms with Gasteiger partial charge < -0.3 is 0 Å². The molecule has 0 aliphatic heterocycles. The Morgan fingerprint density at radius 3 is 2.25 bits per heavy atom. The molecular formula is C20H28. The lowest BCUT2D eigenvalue weighted by molar-refractivity contribution is 0.505. The van der Waals surface area contributed by atoms with Gasteiger partial charge in [-0.2, -0.15) is 0 Å². The Labute approximate surface area is 124 Å². The Hall–Kier alpha value is -1.30. The monoisotopic (exact) mass is 268 g/mol. The first-order valence-corrected chi connectivity index (χ1v) is 7.69. The highest BCUT2D eigenvalue weighted by Gasteiger charge is 2.31. The molecule has 0 saturated heterocycles. The van der Waals surface area contributed by atoms with Crippen molar-refractivity contribution in [1.82, 2.24) is 0 Å². The number of allylic oxidation sites excluding steroid dienone is 4. The number of aryl methyl sites for hydroxylation is 2. The summed E-state index contributed by atoms with van der Waals surface area (Å²) < 4.78 is 0. The van der Waals surface area contributed by atoms with E-state index >= 15 is 0 Å². The lowest BCUT2D eigenvalue weighted by Gasteiger charge is -2.36. The molecule has 0 heterocycles. The molecule has 0 bridgehead atoms. The molecule has 0 nitrogen and oxygen atoms in total. The Balaban J connectivity index is 2.49. The Morgan fingerprint density at radius 2 is 1.65 bits per heavy atom. The van der Waals surface area contributed by atoms with Crippen molar-refractivity contribution in [1.29, 1.82) is 0 Å². The van der Waals surface area contributed by atoms with Crippen LogP contribution in [0.15, 0.2) is 41.0 Å². The second-order valence-electron chi connectivity index (χ2n) is 7.09. The number of benzene rings is 1. The van der Waals surface area contributed by atoms with Crippen molar-refractivity contribution in [2.24, 2.45) is 5.92 Å². The number of rotatable bonds is 2. The van der Waals surface area contributed by atoms with Crippen LogP contribution in [0.3, 0.4) is 0 Å². The van der Waals surface area contributed by atoms with E-state index in [1.165, 1.54) is 34.3 Å². The van der Waals surface area contributed by atoms with Crippen molar-refractivity contribution >= 4 is 0 Å². The predicted octanol–water partition coefficient (Wildman–Crippen LogP) is 5.88. The van der Waals surface area contributed by atoms with Gasteiger partial charge in [-0.3, -0.25) is 0 Å². The van der Waals surface area contributed by atoms with Crippen LogP contribution in [-0.2, 0) is 5.41 Å². The second-order valence-corrected chi connectivity index (χ2v) is 7.09. The summed E-state index contributed by atoms with van der Waals surface area (Å²) in [6.45, 7) is 16.0. The molecule has 1 aliphatic carbocycles. The molecule has 20 heavy (non-hydrogen) atoms. The van der Waals surface area contributed by atoms with E-state index in [2.05, 4.69) is 72.7 Å². The Kier molecular flexibility index (Phi) is 3.95. The molecule has 108 valence electrons. The average Bonchev–Trinajstić information content (AvgIpc) is 2.36. The van der Waals surface area contributed by atoms with Gasteiger partial charge in [0.2, 0.25) is 0 Å². The second kappa shape index (κ2) is 5.24. The summed E-state index contributed by atoms with van der Waals surface area (Å²) in [5.41, 5.74) is 8.88. The summed E-state index contributed by atoms with van der Waals surface area (Å²) in [5.74, 6) is 0.635. The van der Waals surface area contributed by atoms with Gasteiger partial charge in [-0.1, -0.05) is 61.8 Å². The summed E-state index contributed by atoms with van der Waals surface area (Å²) in [6, 6.07) is 6.92. The third-order valence-electron chi connectivity index (χ3n) is 5.14. The lowest BCUT2D eigenvalue weighted by Crippen LogP contribution is -2.26. The molecule has 1 aromatic carbocycles. The third kappa shape index (κ3) is 2.61. The van der Waals surface area contributed by atoms with Gasteiger partial charge in [0.1, 0.15) is 0 Å². The normalized spacial score (nSPS) is 20.1. The number of hydrogen-bond acceptors (Lipinski definition) is 0. The van der Waals surface area contributed by atoms with Crippen LogP contribution in [0.5, 0.6) is 0 Å². The van der Waals surface area contributed by atoms with Crippen LogP contribution < -0.4 is 0 Å².